The molecule has 168 valence electrons. The number of nitro benzene ring substituents is 1. The van der Waals surface area contributed by atoms with Crippen LogP contribution in [-0.4, -0.2) is 37.2 Å². The van der Waals surface area contributed by atoms with Gasteiger partial charge in [0, 0.05) is 29.6 Å². The minimum absolute atomic E-state index is 0.195. The van der Waals surface area contributed by atoms with Crippen LogP contribution in [0.4, 0.5) is 24.7 Å². The molecule has 1 amide bonds. The number of nitro groups is 1. The van der Waals surface area contributed by atoms with E-state index in [0.29, 0.717) is 23.1 Å². The number of alkyl halides is 3. The molecule has 3 aromatic rings. The first-order valence-corrected chi connectivity index (χ1v) is 9.11. The van der Waals surface area contributed by atoms with E-state index >= 15 is 0 Å². The molecular formula is C19H17F3N6O4. The van der Waals surface area contributed by atoms with Gasteiger partial charge in [0.1, 0.15) is 17.1 Å². The summed E-state index contributed by atoms with van der Waals surface area (Å²) in [7, 11) is 0. The summed E-state index contributed by atoms with van der Waals surface area (Å²) in [5.74, 6) is -1.08. The van der Waals surface area contributed by atoms with Gasteiger partial charge in [0.2, 0.25) is 0 Å². The Morgan fingerprint density at radius 3 is 2.38 bits per heavy atom. The molecule has 1 N–H and O–H groups in total. The van der Waals surface area contributed by atoms with Crippen molar-refractivity contribution in [1.29, 1.82) is 0 Å². The van der Waals surface area contributed by atoms with Crippen LogP contribution in [0.25, 0.3) is 5.95 Å². The van der Waals surface area contributed by atoms with Crippen LogP contribution in [0.5, 0.6) is 5.75 Å². The highest BCUT2D eigenvalue weighted by Gasteiger charge is 2.36. The largest absolute Gasteiger partial charge is 0.483 e. The van der Waals surface area contributed by atoms with E-state index in [1.54, 1.807) is 26.8 Å². The second-order valence-corrected chi connectivity index (χ2v) is 6.81. The summed E-state index contributed by atoms with van der Waals surface area (Å²) in [4.78, 5) is 30.7. The number of hydrogen-bond acceptors (Lipinski definition) is 7. The summed E-state index contributed by atoms with van der Waals surface area (Å²) in [6.07, 6.45) is -4.91. The lowest BCUT2D eigenvalue weighted by Crippen LogP contribution is -2.23. The first-order chi connectivity index (χ1) is 14.9. The summed E-state index contributed by atoms with van der Waals surface area (Å²) >= 11 is 0. The van der Waals surface area contributed by atoms with E-state index in [-0.39, 0.29) is 11.8 Å². The zero-order chi connectivity index (χ0) is 23.6. The Hall–Kier alpha value is -4.03. The first kappa shape index (κ1) is 22.7. The predicted molar refractivity (Wildman–Crippen MR) is 106 cm³/mol. The minimum atomic E-state index is -4.91. The third-order valence-corrected chi connectivity index (χ3v) is 4.10. The topological polar surface area (TPSA) is 125 Å². The number of amides is 1. The van der Waals surface area contributed by atoms with Gasteiger partial charge in [0.05, 0.1) is 10.6 Å². The summed E-state index contributed by atoms with van der Waals surface area (Å²) in [5, 5.41) is 17.5. The molecule has 2 aromatic heterocycles. The number of non-ortho nitro benzene ring substituents is 1. The van der Waals surface area contributed by atoms with Crippen LogP contribution in [0.15, 0.2) is 30.3 Å². The molecule has 0 fully saturated rings. The summed E-state index contributed by atoms with van der Waals surface area (Å²) < 4.78 is 46.0. The van der Waals surface area contributed by atoms with Crippen LogP contribution < -0.4 is 10.1 Å². The molecule has 0 saturated carbocycles. The molecule has 1 aromatic carbocycles. The summed E-state index contributed by atoms with van der Waals surface area (Å²) in [6, 6.07) is 5.30. The molecule has 32 heavy (non-hydrogen) atoms. The molecule has 0 aliphatic rings. The van der Waals surface area contributed by atoms with Gasteiger partial charge < -0.3 is 10.1 Å². The number of carbonyl (C=O) groups excluding carboxylic acids is 1. The SMILES string of the molecule is Cc1cc(C)nc(-n2nc(C)cc2NC(=O)COc2ccc([N+](=O)[O-])cc2C(F)(F)F)n1. The maximum atomic E-state index is 13.2. The molecule has 13 heteroatoms. The average Bonchev–Trinajstić information content (AvgIpc) is 3.04. The Labute approximate surface area is 179 Å². The van der Waals surface area contributed by atoms with Crippen LogP contribution in [0, 0.1) is 30.9 Å². The Bertz CT molecular complexity index is 1170. The fraction of sp³-hybridized carbons (Fsp3) is 0.263. The Balaban J connectivity index is 1.79. The Morgan fingerprint density at radius 2 is 1.78 bits per heavy atom. The predicted octanol–water partition coefficient (Wildman–Crippen LogP) is 3.53. The number of nitrogens with one attached hydrogen (secondary N) is 1. The maximum Gasteiger partial charge on any atom is 0.420 e. The highest BCUT2D eigenvalue weighted by Crippen LogP contribution is 2.38. The lowest BCUT2D eigenvalue weighted by atomic mass is 10.1. The molecule has 3 rings (SSSR count). The second-order valence-electron chi connectivity index (χ2n) is 6.81. The number of nitrogens with zero attached hydrogens (tertiary/aromatic N) is 5. The molecule has 0 unspecified atom stereocenters. The van der Waals surface area contributed by atoms with Crippen molar-refractivity contribution >= 4 is 17.4 Å². The number of aromatic nitrogens is 4. The standard InChI is InChI=1S/C19H17F3N6O4/c1-10-6-11(2)24-18(23-10)27-16(7-12(3)26-27)25-17(29)9-32-15-5-4-13(28(30)31)8-14(15)19(20,21)22/h4-8H,9H2,1-3H3,(H,25,29). The molecule has 0 bridgehead atoms. The Morgan fingerprint density at radius 1 is 1.12 bits per heavy atom. The number of ether oxygens (including phenoxy) is 1. The van der Waals surface area contributed by atoms with Crippen molar-refractivity contribution in [2.45, 2.75) is 26.9 Å². The van der Waals surface area contributed by atoms with Gasteiger partial charge >= 0.3 is 6.18 Å². The monoisotopic (exact) mass is 450 g/mol. The number of hydrogen-bond donors (Lipinski definition) is 1. The average molecular weight is 450 g/mol. The van der Waals surface area contributed by atoms with E-state index in [0.717, 1.165) is 12.1 Å². The molecule has 0 aliphatic carbocycles. The van der Waals surface area contributed by atoms with Crippen LogP contribution in [-0.2, 0) is 11.0 Å². The van der Waals surface area contributed by atoms with Gasteiger partial charge in [-0.1, -0.05) is 0 Å². The van der Waals surface area contributed by atoms with Crippen molar-refractivity contribution in [3.05, 3.63) is 63.1 Å². The van der Waals surface area contributed by atoms with Crippen molar-refractivity contribution in [3.8, 4) is 11.7 Å². The molecular weight excluding hydrogens is 433 g/mol. The maximum absolute atomic E-state index is 13.2. The van der Waals surface area contributed by atoms with Crippen LogP contribution in [0.1, 0.15) is 22.6 Å². The van der Waals surface area contributed by atoms with E-state index in [4.69, 9.17) is 4.74 Å². The van der Waals surface area contributed by atoms with Gasteiger partial charge in [-0.25, -0.2) is 9.97 Å². The van der Waals surface area contributed by atoms with Gasteiger partial charge in [-0.2, -0.15) is 23.0 Å². The third kappa shape index (κ3) is 5.17. The lowest BCUT2D eigenvalue weighted by Gasteiger charge is -2.14. The quantitative estimate of drug-likeness (QED) is 0.450. The number of rotatable bonds is 6. The van der Waals surface area contributed by atoms with E-state index in [1.807, 2.05) is 0 Å². The summed E-state index contributed by atoms with van der Waals surface area (Å²) in [5.41, 5.74) is -0.206. The molecule has 10 nitrogen and oxygen atoms in total. The Kier molecular flexibility index (Phi) is 6.09. The van der Waals surface area contributed by atoms with Crippen LogP contribution in [0.2, 0.25) is 0 Å². The zero-order valence-corrected chi connectivity index (χ0v) is 17.1. The van der Waals surface area contributed by atoms with Crippen LogP contribution >= 0.6 is 0 Å². The molecule has 0 radical (unpaired) electrons. The number of anilines is 1. The van der Waals surface area contributed by atoms with Gasteiger partial charge in [-0.3, -0.25) is 14.9 Å². The van der Waals surface area contributed by atoms with E-state index in [2.05, 4.69) is 20.4 Å². The lowest BCUT2D eigenvalue weighted by molar-refractivity contribution is -0.385. The fourth-order valence-corrected chi connectivity index (χ4v) is 2.84. The number of halogens is 3. The smallest absolute Gasteiger partial charge is 0.420 e. The van der Waals surface area contributed by atoms with Crippen molar-refractivity contribution in [2.24, 2.45) is 0 Å². The number of aryl methyl sites for hydroxylation is 3. The van der Waals surface area contributed by atoms with Gasteiger partial charge in [0.25, 0.3) is 17.5 Å². The highest BCUT2D eigenvalue weighted by molar-refractivity contribution is 5.91. The number of carbonyl (C=O) groups is 1. The van der Waals surface area contributed by atoms with Crippen molar-refractivity contribution in [1.82, 2.24) is 19.7 Å². The highest BCUT2D eigenvalue weighted by atomic mass is 19.4. The zero-order valence-electron chi connectivity index (χ0n) is 17.1. The van der Waals surface area contributed by atoms with Gasteiger partial charge in [0.15, 0.2) is 6.61 Å². The molecule has 0 saturated heterocycles. The molecule has 0 spiro atoms. The normalized spacial score (nSPS) is 11.3. The van der Waals surface area contributed by atoms with Crippen molar-refractivity contribution in [3.63, 3.8) is 0 Å². The summed E-state index contributed by atoms with van der Waals surface area (Å²) in [6.45, 7) is 4.43. The molecule has 0 atom stereocenters. The third-order valence-electron chi connectivity index (χ3n) is 4.10. The van der Waals surface area contributed by atoms with Crippen LogP contribution in [0.3, 0.4) is 0 Å². The van der Waals surface area contributed by atoms with E-state index in [1.165, 1.54) is 10.7 Å². The molecule has 2 heterocycles. The first-order valence-electron chi connectivity index (χ1n) is 9.11. The van der Waals surface area contributed by atoms with E-state index < -0.39 is 40.6 Å². The minimum Gasteiger partial charge on any atom is -0.483 e. The number of benzene rings is 1. The van der Waals surface area contributed by atoms with E-state index in [9.17, 15) is 28.1 Å². The molecule has 0 aliphatic heterocycles. The van der Waals surface area contributed by atoms with Crippen molar-refractivity contribution < 1.29 is 27.6 Å². The van der Waals surface area contributed by atoms with Crippen molar-refractivity contribution in [2.75, 3.05) is 11.9 Å². The second kappa shape index (κ2) is 8.61. The van der Waals surface area contributed by atoms with Gasteiger partial charge in [-0.15, -0.1) is 0 Å². The fourth-order valence-electron chi connectivity index (χ4n) is 2.84. The van der Waals surface area contributed by atoms with Gasteiger partial charge in [-0.05, 0) is 32.9 Å².